The van der Waals surface area contributed by atoms with Crippen molar-refractivity contribution in [2.45, 2.75) is 96.9 Å². The van der Waals surface area contributed by atoms with E-state index in [0.29, 0.717) is 5.13 Å². The monoisotopic (exact) mass is 677 g/mol. The van der Waals surface area contributed by atoms with Crippen LogP contribution in [-0.2, 0) is 16.6 Å². The molecule has 2 aliphatic carbocycles. The summed E-state index contributed by atoms with van der Waals surface area (Å²) in [6, 6.07) is 14.7. The number of aromatic nitrogens is 1. The van der Waals surface area contributed by atoms with Gasteiger partial charge in [0, 0.05) is 11.1 Å². The first-order chi connectivity index (χ1) is 23.1. The molecule has 1 aromatic heterocycles. The van der Waals surface area contributed by atoms with Gasteiger partial charge in [0.15, 0.2) is 16.6 Å². The molecule has 1 amide bonds. The number of hydrogen-bond donors (Lipinski definition) is 3. The predicted octanol–water partition coefficient (Wildman–Crippen LogP) is 8.98. The van der Waals surface area contributed by atoms with E-state index in [-0.39, 0.29) is 18.7 Å². The lowest BCUT2D eigenvalue weighted by Gasteiger charge is -2.28. The van der Waals surface area contributed by atoms with Gasteiger partial charge in [0.1, 0.15) is 0 Å². The molecule has 3 aromatic rings. The van der Waals surface area contributed by atoms with Crippen molar-refractivity contribution in [2.24, 2.45) is 17.8 Å². The van der Waals surface area contributed by atoms with E-state index in [4.69, 9.17) is 24.5 Å². The number of likely N-dealkylation sites (tertiary alicyclic amines) is 1. The first-order valence-corrected chi connectivity index (χ1v) is 18.3. The van der Waals surface area contributed by atoms with E-state index in [1.54, 1.807) is 11.3 Å². The maximum Gasteiger partial charge on any atom is 0.503 e. The van der Waals surface area contributed by atoms with Crippen LogP contribution in [0.15, 0.2) is 48.7 Å². The number of carbonyl (C=O) groups excluding carboxylic acids is 1. The second kappa shape index (κ2) is 16.2. The van der Waals surface area contributed by atoms with Gasteiger partial charge in [-0.3, -0.25) is 9.69 Å². The summed E-state index contributed by atoms with van der Waals surface area (Å²) in [5.41, 5.74) is 3.21. The molecular formula is C38H51N3O6S. The van der Waals surface area contributed by atoms with Crippen LogP contribution in [0.1, 0.15) is 107 Å². The molecule has 3 fully saturated rings. The average Bonchev–Trinajstić information content (AvgIpc) is 3.40. The van der Waals surface area contributed by atoms with Crippen LogP contribution in [0.25, 0.3) is 0 Å². The number of hydrogen-bond acceptors (Lipinski definition) is 7. The Bertz CT molecular complexity index is 1520. The molecule has 2 aromatic carbocycles. The zero-order valence-corrected chi connectivity index (χ0v) is 29.6. The molecule has 2 aliphatic heterocycles. The zero-order chi connectivity index (χ0) is 34.3. The van der Waals surface area contributed by atoms with E-state index in [9.17, 15) is 4.79 Å². The quantitative estimate of drug-likeness (QED) is 0.216. The third kappa shape index (κ3) is 8.69. The lowest BCUT2D eigenvalue weighted by atomic mass is 9.78. The molecule has 4 aliphatic rings. The number of fused-ring (bicyclic) bond motifs is 1. The fraction of sp³-hybridized carbons (Fsp3) is 0.553. The molecule has 7 rings (SSSR count). The predicted molar refractivity (Wildman–Crippen MR) is 189 cm³/mol. The number of aryl methyl sites for hydroxylation is 1. The van der Waals surface area contributed by atoms with Gasteiger partial charge in [-0.2, -0.15) is 0 Å². The first-order valence-electron chi connectivity index (χ1n) is 17.5. The molecule has 0 spiro atoms. The number of ether oxygens (including phenoxy) is 2. The second-order valence-electron chi connectivity index (χ2n) is 13.9. The Morgan fingerprint density at radius 3 is 2.33 bits per heavy atom. The van der Waals surface area contributed by atoms with E-state index >= 15 is 0 Å². The number of anilines is 1. The summed E-state index contributed by atoms with van der Waals surface area (Å²) < 4.78 is 11.0. The van der Waals surface area contributed by atoms with Crippen molar-refractivity contribution in [2.75, 3.05) is 25.2 Å². The summed E-state index contributed by atoms with van der Waals surface area (Å²) >= 11 is 1.60. The van der Waals surface area contributed by atoms with Crippen molar-refractivity contribution < 1.29 is 29.3 Å². The Morgan fingerprint density at radius 1 is 1.02 bits per heavy atom. The number of benzene rings is 2. The highest BCUT2D eigenvalue weighted by Gasteiger charge is 2.52. The molecule has 260 valence electrons. The second-order valence-corrected chi connectivity index (χ2v) is 15.0. The SMILES string of the molecule is CC1CCC(C(C)C)CC1.CCc1ccccc1C(c1cnc(NC(=O)C2(c3ccc4c(c3)OCO4)CC2)s1)N1CCCC1.O=C(O)O. The highest BCUT2D eigenvalue weighted by molar-refractivity contribution is 7.15. The third-order valence-electron chi connectivity index (χ3n) is 10.4. The van der Waals surface area contributed by atoms with Gasteiger partial charge in [-0.05, 0) is 105 Å². The summed E-state index contributed by atoms with van der Waals surface area (Å²) in [5.74, 6) is 4.44. The molecule has 1 unspecified atom stereocenters. The number of carbonyl (C=O) groups is 2. The summed E-state index contributed by atoms with van der Waals surface area (Å²) in [7, 11) is 0. The fourth-order valence-electron chi connectivity index (χ4n) is 7.26. The lowest BCUT2D eigenvalue weighted by molar-refractivity contribution is -0.118. The van der Waals surface area contributed by atoms with Gasteiger partial charge in [-0.1, -0.05) is 82.2 Å². The molecule has 0 bridgehead atoms. The van der Waals surface area contributed by atoms with Crippen molar-refractivity contribution in [1.29, 1.82) is 0 Å². The molecule has 10 heteroatoms. The van der Waals surface area contributed by atoms with Crippen LogP contribution in [0.3, 0.4) is 0 Å². The van der Waals surface area contributed by atoms with Crippen molar-refractivity contribution in [3.63, 3.8) is 0 Å². The van der Waals surface area contributed by atoms with Crippen molar-refractivity contribution >= 4 is 28.5 Å². The Hall–Kier alpha value is -3.63. The molecule has 9 nitrogen and oxygen atoms in total. The van der Waals surface area contributed by atoms with Crippen LogP contribution in [0.2, 0.25) is 0 Å². The molecule has 48 heavy (non-hydrogen) atoms. The molecule has 2 saturated carbocycles. The smallest absolute Gasteiger partial charge is 0.454 e. The van der Waals surface area contributed by atoms with Crippen LogP contribution in [0, 0.1) is 17.8 Å². The summed E-state index contributed by atoms with van der Waals surface area (Å²) in [6.45, 7) is 11.7. The maximum absolute atomic E-state index is 13.4. The molecular weight excluding hydrogens is 627 g/mol. The molecule has 3 N–H and O–H groups in total. The van der Waals surface area contributed by atoms with Gasteiger partial charge in [-0.15, -0.1) is 0 Å². The van der Waals surface area contributed by atoms with Crippen molar-refractivity contribution in [3.8, 4) is 11.5 Å². The Morgan fingerprint density at radius 2 is 1.69 bits per heavy atom. The lowest BCUT2D eigenvalue weighted by Crippen LogP contribution is -2.27. The van der Waals surface area contributed by atoms with Crippen molar-refractivity contribution in [1.82, 2.24) is 9.88 Å². The fourth-order valence-corrected chi connectivity index (χ4v) is 8.22. The standard InChI is InChI=1S/C27H29N3O3S.C10H20.CH2O3/c1-2-18-7-3-4-8-20(18)24(30-13-5-6-14-30)23-16-28-26(34-23)29-25(31)27(11-12-27)19-9-10-21-22(15-19)33-17-32-21;1-8(2)10-6-4-9(3)5-7-10;2-1(3)4/h3-4,7-10,15-16,24H,2,5-6,11-14,17H2,1H3,(H,28,29,31);8-10H,4-7H2,1-3H3;(H2,2,3,4). The van der Waals surface area contributed by atoms with E-state index in [0.717, 1.165) is 67.2 Å². The van der Waals surface area contributed by atoms with Gasteiger partial charge in [0.25, 0.3) is 0 Å². The van der Waals surface area contributed by atoms with Gasteiger partial charge in [0.05, 0.1) is 11.5 Å². The number of thiazole rings is 1. The molecule has 1 saturated heterocycles. The van der Waals surface area contributed by atoms with Crippen LogP contribution in [0.5, 0.6) is 11.5 Å². The minimum atomic E-state index is -1.83. The summed E-state index contributed by atoms with van der Waals surface area (Å²) in [5, 5.41) is 17.8. The van der Waals surface area contributed by atoms with E-state index in [2.05, 4.69) is 67.2 Å². The Labute approximate surface area is 288 Å². The molecule has 1 atom stereocenters. The van der Waals surface area contributed by atoms with E-state index in [1.165, 1.54) is 54.5 Å². The summed E-state index contributed by atoms with van der Waals surface area (Å²) in [4.78, 5) is 30.3. The Balaban J connectivity index is 0.000000270. The Kier molecular flexibility index (Phi) is 12.0. The number of carboxylic acid groups (broad SMARTS) is 2. The minimum Gasteiger partial charge on any atom is -0.454 e. The maximum atomic E-state index is 13.4. The van der Waals surface area contributed by atoms with Crippen LogP contribution < -0.4 is 14.8 Å². The first kappa shape index (κ1) is 35.7. The van der Waals surface area contributed by atoms with E-state index < -0.39 is 11.6 Å². The number of amides is 1. The molecule has 3 heterocycles. The average molecular weight is 678 g/mol. The van der Waals surface area contributed by atoms with Gasteiger partial charge >= 0.3 is 6.16 Å². The number of nitrogens with one attached hydrogen (secondary N) is 1. The summed E-state index contributed by atoms with van der Waals surface area (Å²) in [6.07, 6.45) is 11.2. The van der Waals surface area contributed by atoms with Gasteiger partial charge in [0.2, 0.25) is 12.7 Å². The number of rotatable bonds is 8. The molecule has 0 radical (unpaired) electrons. The van der Waals surface area contributed by atoms with Crippen LogP contribution in [-0.4, -0.2) is 52.0 Å². The highest BCUT2D eigenvalue weighted by atomic mass is 32.1. The third-order valence-corrected chi connectivity index (χ3v) is 11.3. The van der Waals surface area contributed by atoms with Gasteiger partial charge < -0.3 is 25.0 Å². The minimum absolute atomic E-state index is 0.0129. The van der Waals surface area contributed by atoms with Crippen molar-refractivity contribution in [3.05, 3.63) is 70.2 Å². The zero-order valence-electron chi connectivity index (χ0n) is 28.7. The van der Waals surface area contributed by atoms with Crippen LogP contribution in [0.4, 0.5) is 9.93 Å². The normalized spacial score (nSPS) is 21.4. The highest BCUT2D eigenvalue weighted by Crippen LogP contribution is 2.51. The van der Waals surface area contributed by atoms with Gasteiger partial charge in [-0.25, -0.2) is 9.78 Å². The van der Waals surface area contributed by atoms with E-state index in [1.807, 2.05) is 24.4 Å². The topological polar surface area (TPSA) is 121 Å². The largest absolute Gasteiger partial charge is 0.503 e. The van der Waals surface area contributed by atoms with Crippen LogP contribution >= 0.6 is 11.3 Å². The number of nitrogens with zero attached hydrogens (tertiary/aromatic N) is 2.